The van der Waals surface area contributed by atoms with E-state index in [1.807, 2.05) is 0 Å². The Kier molecular flexibility index (Phi) is 3.64. The van der Waals surface area contributed by atoms with Gasteiger partial charge in [-0.05, 0) is 25.3 Å². The topological polar surface area (TPSA) is 73.6 Å². The molecular weight excluding hydrogens is 220 g/mol. The maximum atomic E-state index is 10.6. The minimum absolute atomic E-state index is 0.0975. The van der Waals surface area contributed by atoms with Crippen LogP contribution in [0.25, 0.3) is 0 Å². The van der Waals surface area contributed by atoms with E-state index in [9.17, 15) is 4.79 Å². The second-order valence-electron chi connectivity index (χ2n) is 4.48. The largest absolute Gasteiger partial charge is 0.481 e. The van der Waals surface area contributed by atoms with Crippen molar-refractivity contribution >= 4 is 5.97 Å². The fourth-order valence-electron chi connectivity index (χ4n) is 2.62. The van der Waals surface area contributed by atoms with Crippen LogP contribution in [0.15, 0.2) is 11.8 Å². The van der Waals surface area contributed by atoms with Gasteiger partial charge < -0.3 is 14.7 Å². The average molecular weight is 236 g/mol. The SMILES string of the molecule is N#CC(=CCC(=O)O)N1C2CCCC1COC2. The minimum atomic E-state index is -0.906. The van der Waals surface area contributed by atoms with Gasteiger partial charge in [0.15, 0.2) is 0 Å². The van der Waals surface area contributed by atoms with Crippen molar-refractivity contribution < 1.29 is 14.6 Å². The molecule has 0 spiro atoms. The summed E-state index contributed by atoms with van der Waals surface area (Å²) in [5.41, 5.74) is 0.491. The van der Waals surface area contributed by atoms with Crippen LogP contribution in [0.1, 0.15) is 25.7 Å². The van der Waals surface area contributed by atoms with E-state index in [1.54, 1.807) is 0 Å². The molecule has 0 aromatic carbocycles. The van der Waals surface area contributed by atoms with Gasteiger partial charge in [0.2, 0.25) is 0 Å². The second kappa shape index (κ2) is 5.19. The summed E-state index contributed by atoms with van der Waals surface area (Å²) >= 11 is 0. The first-order chi connectivity index (χ1) is 8.22. The van der Waals surface area contributed by atoms with Crippen LogP contribution in [0.2, 0.25) is 0 Å². The van der Waals surface area contributed by atoms with E-state index in [4.69, 9.17) is 15.1 Å². The van der Waals surface area contributed by atoms with Crippen LogP contribution in [0.3, 0.4) is 0 Å². The van der Waals surface area contributed by atoms with Gasteiger partial charge >= 0.3 is 5.97 Å². The van der Waals surface area contributed by atoms with Crippen molar-refractivity contribution in [1.29, 1.82) is 5.26 Å². The predicted octanol–water partition coefficient (Wildman–Crippen LogP) is 1.12. The first-order valence-corrected chi connectivity index (χ1v) is 5.90. The highest BCUT2D eigenvalue weighted by Crippen LogP contribution is 2.30. The number of aliphatic carboxylic acids is 1. The summed E-state index contributed by atoms with van der Waals surface area (Å²) in [6, 6.07) is 2.60. The number of nitrogens with zero attached hydrogens (tertiary/aromatic N) is 2. The summed E-state index contributed by atoms with van der Waals surface area (Å²) in [6.45, 7) is 1.28. The highest BCUT2D eigenvalue weighted by Gasteiger charge is 2.35. The molecule has 5 heteroatoms. The Morgan fingerprint density at radius 2 is 2.12 bits per heavy atom. The van der Waals surface area contributed by atoms with Gasteiger partial charge in [-0.25, -0.2) is 0 Å². The van der Waals surface area contributed by atoms with Crippen LogP contribution in [0, 0.1) is 11.3 Å². The monoisotopic (exact) mass is 236 g/mol. The summed E-state index contributed by atoms with van der Waals surface area (Å²) < 4.78 is 5.49. The number of ether oxygens (including phenoxy) is 1. The number of fused-ring (bicyclic) bond motifs is 2. The van der Waals surface area contributed by atoms with Crippen molar-refractivity contribution in [3.05, 3.63) is 11.8 Å². The van der Waals surface area contributed by atoms with E-state index in [2.05, 4.69) is 11.0 Å². The lowest BCUT2D eigenvalue weighted by Gasteiger charge is -2.46. The van der Waals surface area contributed by atoms with Crippen molar-refractivity contribution in [2.75, 3.05) is 13.2 Å². The van der Waals surface area contributed by atoms with Gasteiger partial charge in [-0.15, -0.1) is 0 Å². The van der Waals surface area contributed by atoms with Crippen molar-refractivity contribution in [2.45, 2.75) is 37.8 Å². The lowest BCUT2D eigenvalue weighted by Crippen LogP contribution is -2.53. The zero-order valence-corrected chi connectivity index (χ0v) is 9.63. The predicted molar refractivity (Wildman–Crippen MR) is 60.0 cm³/mol. The normalized spacial score (nSPS) is 28.6. The molecule has 2 unspecified atom stereocenters. The summed E-state index contributed by atoms with van der Waals surface area (Å²) in [5.74, 6) is -0.906. The molecule has 2 aliphatic rings. The molecular formula is C12H16N2O3. The molecule has 2 heterocycles. The Hall–Kier alpha value is -1.54. The van der Waals surface area contributed by atoms with E-state index in [1.165, 1.54) is 6.08 Å². The number of nitriles is 1. The molecule has 2 bridgehead atoms. The van der Waals surface area contributed by atoms with Gasteiger partial charge in [0.25, 0.3) is 0 Å². The number of hydrogen-bond acceptors (Lipinski definition) is 4. The van der Waals surface area contributed by atoms with Crippen LogP contribution < -0.4 is 0 Å². The van der Waals surface area contributed by atoms with Crippen molar-refractivity contribution in [3.8, 4) is 6.07 Å². The maximum Gasteiger partial charge on any atom is 0.307 e. The van der Waals surface area contributed by atoms with E-state index >= 15 is 0 Å². The van der Waals surface area contributed by atoms with Crippen LogP contribution >= 0.6 is 0 Å². The van der Waals surface area contributed by atoms with Crippen LogP contribution in [0.5, 0.6) is 0 Å². The van der Waals surface area contributed by atoms with Gasteiger partial charge in [0.1, 0.15) is 11.8 Å². The number of allylic oxidation sites excluding steroid dienone is 1. The molecule has 0 amide bonds. The number of rotatable bonds is 3. The van der Waals surface area contributed by atoms with Crippen molar-refractivity contribution in [1.82, 2.24) is 4.90 Å². The molecule has 1 N–H and O–H groups in total. The first-order valence-electron chi connectivity index (χ1n) is 5.90. The highest BCUT2D eigenvalue weighted by molar-refractivity contribution is 5.68. The molecule has 0 aromatic heterocycles. The Morgan fingerprint density at radius 3 is 2.65 bits per heavy atom. The standard InChI is InChI=1S/C12H16N2O3/c13-6-9(4-5-12(15)16)14-10-2-1-3-11(14)8-17-7-10/h4,10-11H,1-3,5,7-8H2,(H,15,16). The summed E-state index contributed by atoms with van der Waals surface area (Å²) in [5, 5.41) is 17.8. The summed E-state index contributed by atoms with van der Waals surface area (Å²) in [7, 11) is 0. The lowest BCUT2D eigenvalue weighted by molar-refractivity contribution is -0.136. The fraction of sp³-hybridized carbons (Fsp3) is 0.667. The zero-order chi connectivity index (χ0) is 12.3. The van der Waals surface area contributed by atoms with E-state index in [-0.39, 0.29) is 18.5 Å². The van der Waals surface area contributed by atoms with Gasteiger partial charge in [0, 0.05) is 0 Å². The third kappa shape index (κ3) is 2.59. The van der Waals surface area contributed by atoms with Crippen LogP contribution in [-0.4, -0.2) is 41.3 Å². The van der Waals surface area contributed by atoms with Crippen molar-refractivity contribution in [2.24, 2.45) is 0 Å². The smallest absolute Gasteiger partial charge is 0.307 e. The Bertz CT molecular complexity index is 350. The van der Waals surface area contributed by atoms with Crippen molar-refractivity contribution in [3.63, 3.8) is 0 Å². The number of carbonyl (C=O) groups is 1. The molecule has 2 atom stereocenters. The Balaban J connectivity index is 2.15. The number of hydrogen-bond donors (Lipinski definition) is 1. The number of carboxylic acid groups (broad SMARTS) is 1. The van der Waals surface area contributed by atoms with Gasteiger partial charge in [-0.3, -0.25) is 4.79 Å². The molecule has 0 saturated carbocycles. The second-order valence-corrected chi connectivity index (χ2v) is 4.48. The third-order valence-corrected chi connectivity index (χ3v) is 3.34. The first kappa shape index (κ1) is 11.9. The quantitative estimate of drug-likeness (QED) is 0.743. The number of morpholine rings is 1. The third-order valence-electron chi connectivity index (χ3n) is 3.34. The Labute approximate surface area is 100 Å². The van der Waals surface area contributed by atoms with E-state index in [0.717, 1.165) is 19.3 Å². The highest BCUT2D eigenvalue weighted by atomic mass is 16.5. The van der Waals surface area contributed by atoms with Gasteiger partial charge in [-0.1, -0.05) is 0 Å². The summed E-state index contributed by atoms with van der Waals surface area (Å²) in [6.07, 6.45) is 4.61. The molecule has 0 aromatic rings. The summed E-state index contributed by atoms with van der Waals surface area (Å²) in [4.78, 5) is 12.6. The average Bonchev–Trinajstić information content (AvgIpc) is 2.29. The molecule has 0 aliphatic carbocycles. The Morgan fingerprint density at radius 1 is 1.47 bits per heavy atom. The fourth-order valence-corrected chi connectivity index (χ4v) is 2.62. The number of carboxylic acids is 1. The van der Waals surface area contributed by atoms with Gasteiger partial charge in [0.05, 0.1) is 31.7 Å². The maximum absolute atomic E-state index is 10.6. The molecule has 2 rings (SSSR count). The molecule has 0 radical (unpaired) electrons. The zero-order valence-electron chi connectivity index (χ0n) is 9.63. The molecule has 5 nitrogen and oxygen atoms in total. The van der Waals surface area contributed by atoms with Gasteiger partial charge in [-0.2, -0.15) is 5.26 Å². The minimum Gasteiger partial charge on any atom is -0.481 e. The van der Waals surface area contributed by atoms with E-state index < -0.39 is 5.97 Å². The molecule has 92 valence electrons. The molecule has 2 fully saturated rings. The van der Waals surface area contributed by atoms with Crippen LogP contribution in [0.4, 0.5) is 0 Å². The molecule has 2 saturated heterocycles. The van der Waals surface area contributed by atoms with E-state index in [0.29, 0.717) is 18.9 Å². The lowest BCUT2D eigenvalue weighted by atomic mass is 9.93. The number of piperidine rings is 1. The molecule has 2 aliphatic heterocycles. The molecule has 17 heavy (non-hydrogen) atoms. The van der Waals surface area contributed by atoms with Crippen LogP contribution in [-0.2, 0) is 9.53 Å².